The summed E-state index contributed by atoms with van der Waals surface area (Å²) in [4.78, 5) is 24.0. The molecular weight excluding hydrogens is 360 g/mol. The number of ketones is 1. The summed E-state index contributed by atoms with van der Waals surface area (Å²) < 4.78 is 0. The summed E-state index contributed by atoms with van der Waals surface area (Å²) in [7, 11) is 0. The Morgan fingerprint density at radius 1 is 1.07 bits per heavy atom. The number of carboxylic acids is 1. The predicted octanol–water partition coefficient (Wildman–Crippen LogP) is 5.41. The van der Waals surface area contributed by atoms with E-state index in [-0.39, 0.29) is 6.42 Å². The Balaban J connectivity index is 1.73. The van der Waals surface area contributed by atoms with Crippen LogP contribution in [0.1, 0.15) is 105 Å². The van der Waals surface area contributed by atoms with Crippen molar-refractivity contribution >= 4 is 11.8 Å². The normalized spacial score (nSPS) is 40.6. The topological polar surface area (TPSA) is 57.2 Å². The van der Waals surface area contributed by atoms with Crippen LogP contribution in [0.3, 0.4) is 0 Å². The Kier molecular flexibility index (Phi) is 6.85. The van der Waals surface area contributed by atoms with Crippen molar-refractivity contribution < 1.29 is 14.7 Å². The van der Waals surface area contributed by atoms with Crippen molar-refractivity contribution in [1.82, 2.24) is 0 Å². The molecule has 0 aromatic heterocycles. The number of hydrogen-bond donors (Lipinski definition) is 0. The third kappa shape index (κ3) is 4.30. The highest BCUT2D eigenvalue weighted by molar-refractivity contribution is 5.86. The third-order valence-electron chi connectivity index (χ3n) is 9.65. The van der Waals surface area contributed by atoms with E-state index in [0.717, 1.165) is 30.6 Å². The van der Waals surface area contributed by atoms with Gasteiger partial charge in [-0.25, -0.2) is 0 Å². The maximum absolute atomic E-state index is 12.9. The standard InChI is InChI=1S/C26H44O3/c1-17(2)7-6-8-18(3)20-10-11-21-19-9-12-23(27)26(5,16-14-24(28)29)22(19)13-15-25(20,21)4/h17-22H,6-16H2,1-5H3,(H,28,29)/p-1/t18-,19-,20+,21+,22-,25-,26-/m1/s1. The number of rotatable bonds is 8. The van der Waals surface area contributed by atoms with Crippen LogP contribution in [0.2, 0.25) is 0 Å². The van der Waals surface area contributed by atoms with Crippen LogP contribution in [0.5, 0.6) is 0 Å². The number of Topliss-reactive ketones (excluding diaryl/α,β-unsaturated/α-hetero) is 1. The maximum Gasteiger partial charge on any atom is 0.139 e. The molecule has 3 aliphatic rings. The van der Waals surface area contributed by atoms with Gasteiger partial charge in [0.1, 0.15) is 5.78 Å². The van der Waals surface area contributed by atoms with Crippen LogP contribution in [0.25, 0.3) is 0 Å². The van der Waals surface area contributed by atoms with Crippen LogP contribution in [-0.4, -0.2) is 11.8 Å². The van der Waals surface area contributed by atoms with Gasteiger partial charge in [0, 0.05) is 17.8 Å². The minimum Gasteiger partial charge on any atom is -0.550 e. The molecule has 3 heteroatoms. The van der Waals surface area contributed by atoms with Crippen LogP contribution in [0.4, 0.5) is 0 Å². The van der Waals surface area contributed by atoms with Gasteiger partial charge in [-0.05, 0) is 85.9 Å². The molecule has 0 saturated heterocycles. The van der Waals surface area contributed by atoms with E-state index in [4.69, 9.17) is 0 Å². The molecule has 0 unspecified atom stereocenters. The van der Waals surface area contributed by atoms with Gasteiger partial charge in [-0.15, -0.1) is 0 Å². The van der Waals surface area contributed by atoms with E-state index in [1.807, 2.05) is 0 Å². The molecule has 0 amide bonds. The van der Waals surface area contributed by atoms with E-state index in [1.165, 1.54) is 38.5 Å². The monoisotopic (exact) mass is 403 g/mol. The Morgan fingerprint density at radius 3 is 2.45 bits per heavy atom. The molecule has 3 nitrogen and oxygen atoms in total. The van der Waals surface area contributed by atoms with E-state index in [0.29, 0.717) is 41.8 Å². The zero-order chi connectivity index (χ0) is 21.4. The van der Waals surface area contributed by atoms with Crippen molar-refractivity contribution in [1.29, 1.82) is 0 Å². The van der Waals surface area contributed by atoms with Gasteiger partial charge in [0.05, 0.1) is 0 Å². The molecule has 0 bridgehead atoms. The van der Waals surface area contributed by atoms with Gasteiger partial charge in [0.25, 0.3) is 0 Å². The molecule has 3 fully saturated rings. The smallest absolute Gasteiger partial charge is 0.139 e. The largest absolute Gasteiger partial charge is 0.550 e. The summed E-state index contributed by atoms with van der Waals surface area (Å²) in [6.45, 7) is 11.7. The van der Waals surface area contributed by atoms with Crippen LogP contribution in [0.15, 0.2) is 0 Å². The van der Waals surface area contributed by atoms with E-state index in [9.17, 15) is 14.7 Å². The Labute approximate surface area is 178 Å². The molecule has 0 spiro atoms. The van der Waals surface area contributed by atoms with Crippen molar-refractivity contribution in [3.63, 3.8) is 0 Å². The fraction of sp³-hybridized carbons (Fsp3) is 0.923. The Hall–Kier alpha value is -0.860. The van der Waals surface area contributed by atoms with Gasteiger partial charge in [0.2, 0.25) is 0 Å². The van der Waals surface area contributed by atoms with E-state index >= 15 is 0 Å². The number of fused-ring (bicyclic) bond motifs is 3. The van der Waals surface area contributed by atoms with Crippen molar-refractivity contribution in [3.05, 3.63) is 0 Å². The highest BCUT2D eigenvalue weighted by Gasteiger charge is 2.59. The molecule has 3 rings (SSSR count). The van der Waals surface area contributed by atoms with Crippen LogP contribution < -0.4 is 5.11 Å². The zero-order valence-electron chi connectivity index (χ0n) is 19.5. The summed E-state index contributed by atoms with van der Waals surface area (Å²) in [5.74, 6) is 3.38. The van der Waals surface area contributed by atoms with Gasteiger partial charge >= 0.3 is 0 Å². The lowest BCUT2D eigenvalue weighted by Gasteiger charge is -2.56. The van der Waals surface area contributed by atoms with Crippen molar-refractivity contribution in [2.45, 2.75) is 105 Å². The molecule has 0 radical (unpaired) electrons. The molecule has 166 valence electrons. The van der Waals surface area contributed by atoms with E-state index in [1.54, 1.807) is 0 Å². The Bertz CT molecular complexity index is 611. The summed E-state index contributed by atoms with van der Waals surface area (Å²) in [5.41, 5.74) is -0.0423. The number of carbonyl (C=O) groups excluding carboxylic acids is 2. The second-order valence-corrected chi connectivity index (χ2v) is 11.7. The van der Waals surface area contributed by atoms with Gasteiger partial charge in [0.15, 0.2) is 0 Å². The summed E-state index contributed by atoms with van der Waals surface area (Å²) in [6.07, 6.45) is 11.1. The maximum atomic E-state index is 12.9. The van der Waals surface area contributed by atoms with E-state index in [2.05, 4.69) is 34.6 Å². The first-order valence-electron chi connectivity index (χ1n) is 12.3. The zero-order valence-corrected chi connectivity index (χ0v) is 19.5. The first kappa shape index (κ1) is 22.8. The van der Waals surface area contributed by atoms with Gasteiger partial charge in [-0.3, -0.25) is 4.79 Å². The summed E-state index contributed by atoms with van der Waals surface area (Å²) in [6, 6.07) is 0. The molecular formula is C26H43O3-. The third-order valence-corrected chi connectivity index (χ3v) is 9.65. The second kappa shape index (κ2) is 8.71. The van der Waals surface area contributed by atoms with Gasteiger partial charge < -0.3 is 9.90 Å². The SMILES string of the molecule is CC(C)CCC[C@@H](C)[C@@H]1CC[C@H]2[C@H]3CCC(=O)[C@](C)(CCC(=O)[O-])[C@@H]3CC[C@@]21C. The first-order valence-corrected chi connectivity index (χ1v) is 12.3. The van der Waals surface area contributed by atoms with Crippen molar-refractivity contribution in [2.24, 2.45) is 46.3 Å². The molecule has 0 aliphatic heterocycles. The lowest BCUT2D eigenvalue weighted by Crippen LogP contribution is -2.52. The average Bonchev–Trinajstić information content (AvgIpc) is 3.00. The number of carboxylic acid groups (broad SMARTS) is 1. The minimum atomic E-state index is -1.02. The number of carbonyl (C=O) groups is 2. The fourth-order valence-electron chi connectivity index (χ4n) is 7.98. The molecule has 0 aromatic carbocycles. The molecule has 3 saturated carbocycles. The predicted molar refractivity (Wildman–Crippen MR) is 115 cm³/mol. The highest BCUT2D eigenvalue weighted by Crippen LogP contribution is 2.65. The quantitative estimate of drug-likeness (QED) is 0.545. The van der Waals surface area contributed by atoms with E-state index < -0.39 is 11.4 Å². The molecule has 7 atom stereocenters. The van der Waals surface area contributed by atoms with Crippen molar-refractivity contribution in [3.8, 4) is 0 Å². The average molecular weight is 404 g/mol. The molecule has 29 heavy (non-hydrogen) atoms. The van der Waals surface area contributed by atoms with Crippen LogP contribution in [-0.2, 0) is 9.59 Å². The molecule has 0 aromatic rings. The minimum absolute atomic E-state index is 0.0168. The number of aliphatic carboxylic acids is 1. The van der Waals surface area contributed by atoms with Gasteiger partial charge in [-0.2, -0.15) is 0 Å². The van der Waals surface area contributed by atoms with Crippen LogP contribution >= 0.6 is 0 Å². The lowest BCUT2D eigenvalue weighted by molar-refractivity contribution is -0.306. The van der Waals surface area contributed by atoms with Gasteiger partial charge in [-0.1, -0.05) is 53.9 Å². The highest BCUT2D eigenvalue weighted by atomic mass is 16.4. The molecule has 0 heterocycles. The Morgan fingerprint density at radius 2 is 1.79 bits per heavy atom. The fourth-order valence-corrected chi connectivity index (χ4v) is 7.98. The first-order chi connectivity index (χ1) is 13.6. The van der Waals surface area contributed by atoms with Crippen LogP contribution in [0, 0.1) is 46.3 Å². The summed E-state index contributed by atoms with van der Waals surface area (Å²) in [5, 5.41) is 11.1. The molecule has 0 N–H and O–H groups in total. The number of hydrogen-bond acceptors (Lipinski definition) is 3. The second-order valence-electron chi connectivity index (χ2n) is 11.7. The molecule has 3 aliphatic carbocycles. The lowest BCUT2D eigenvalue weighted by atomic mass is 9.48. The van der Waals surface area contributed by atoms with Crippen molar-refractivity contribution in [2.75, 3.05) is 0 Å². The summed E-state index contributed by atoms with van der Waals surface area (Å²) >= 11 is 0.